The molecule has 0 radical (unpaired) electrons. The predicted octanol–water partition coefficient (Wildman–Crippen LogP) is 1.59. The average molecular weight is 213 g/mol. The molecule has 86 valence electrons. The summed E-state index contributed by atoms with van der Waals surface area (Å²) in [6.45, 7) is 7.06. The third-order valence-electron chi connectivity index (χ3n) is 2.26. The highest BCUT2D eigenvalue weighted by Gasteiger charge is 2.18. The van der Waals surface area contributed by atoms with Crippen LogP contribution in [-0.4, -0.2) is 28.4 Å². The molecule has 0 saturated heterocycles. The van der Waals surface area contributed by atoms with Gasteiger partial charge in [-0.1, -0.05) is 19.0 Å². The van der Waals surface area contributed by atoms with Crippen LogP contribution in [0.25, 0.3) is 0 Å². The molecule has 5 nitrogen and oxygen atoms in total. The molecule has 15 heavy (non-hydrogen) atoms. The molecule has 0 saturated carbocycles. The molecule has 1 aromatic rings. The van der Waals surface area contributed by atoms with Gasteiger partial charge in [-0.15, -0.1) is 0 Å². The molecule has 0 aliphatic rings. The van der Waals surface area contributed by atoms with Crippen molar-refractivity contribution in [3.05, 3.63) is 5.82 Å². The Morgan fingerprint density at radius 2 is 2.20 bits per heavy atom. The van der Waals surface area contributed by atoms with E-state index in [1.165, 1.54) is 0 Å². The summed E-state index contributed by atoms with van der Waals surface area (Å²) in [5.41, 5.74) is 0.116. The SMILES string of the molecule is Cc1noc(NCC(C)(C)CCCO)n1. The molecule has 5 heteroatoms. The molecular weight excluding hydrogens is 194 g/mol. The third kappa shape index (κ3) is 4.29. The summed E-state index contributed by atoms with van der Waals surface area (Å²) in [4.78, 5) is 4.06. The van der Waals surface area contributed by atoms with Crippen LogP contribution in [0, 0.1) is 12.3 Å². The summed E-state index contributed by atoms with van der Waals surface area (Å²) < 4.78 is 4.94. The molecular formula is C10H19N3O2. The minimum absolute atomic E-state index is 0.116. The lowest BCUT2D eigenvalue weighted by molar-refractivity contribution is 0.247. The summed E-state index contributed by atoms with van der Waals surface area (Å²) in [7, 11) is 0. The van der Waals surface area contributed by atoms with Crippen molar-refractivity contribution in [1.29, 1.82) is 0 Å². The van der Waals surface area contributed by atoms with Crippen LogP contribution < -0.4 is 5.32 Å². The Morgan fingerprint density at radius 1 is 1.47 bits per heavy atom. The highest BCUT2D eigenvalue weighted by molar-refractivity contribution is 5.18. The van der Waals surface area contributed by atoms with Gasteiger partial charge in [-0.2, -0.15) is 4.98 Å². The number of aliphatic hydroxyl groups is 1. The van der Waals surface area contributed by atoms with Gasteiger partial charge < -0.3 is 14.9 Å². The Morgan fingerprint density at radius 3 is 2.73 bits per heavy atom. The van der Waals surface area contributed by atoms with Crippen LogP contribution in [0.4, 0.5) is 6.01 Å². The summed E-state index contributed by atoms with van der Waals surface area (Å²) in [5, 5.41) is 15.5. The first-order valence-corrected chi connectivity index (χ1v) is 5.18. The van der Waals surface area contributed by atoms with E-state index in [1.54, 1.807) is 6.92 Å². The Balaban J connectivity index is 2.35. The van der Waals surface area contributed by atoms with Gasteiger partial charge in [0, 0.05) is 13.2 Å². The van der Waals surface area contributed by atoms with Crippen LogP contribution in [0.1, 0.15) is 32.5 Å². The van der Waals surface area contributed by atoms with E-state index in [0.717, 1.165) is 19.4 Å². The van der Waals surface area contributed by atoms with Gasteiger partial charge in [0.15, 0.2) is 5.82 Å². The zero-order valence-corrected chi connectivity index (χ0v) is 9.58. The van der Waals surface area contributed by atoms with E-state index >= 15 is 0 Å². The number of anilines is 1. The zero-order chi connectivity index (χ0) is 11.3. The number of nitrogens with one attached hydrogen (secondary N) is 1. The third-order valence-corrected chi connectivity index (χ3v) is 2.26. The minimum atomic E-state index is 0.116. The number of aryl methyl sites for hydroxylation is 1. The minimum Gasteiger partial charge on any atom is -0.396 e. The lowest BCUT2D eigenvalue weighted by Gasteiger charge is -2.23. The first-order chi connectivity index (χ1) is 7.03. The molecule has 0 aliphatic heterocycles. The van der Waals surface area contributed by atoms with Crippen LogP contribution in [0.2, 0.25) is 0 Å². The molecule has 2 N–H and O–H groups in total. The van der Waals surface area contributed by atoms with Crippen molar-refractivity contribution in [1.82, 2.24) is 10.1 Å². The van der Waals surface area contributed by atoms with E-state index in [-0.39, 0.29) is 12.0 Å². The first-order valence-electron chi connectivity index (χ1n) is 5.18. The van der Waals surface area contributed by atoms with Crippen molar-refractivity contribution < 1.29 is 9.63 Å². The first kappa shape index (κ1) is 12.0. The zero-order valence-electron chi connectivity index (χ0n) is 9.58. The van der Waals surface area contributed by atoms with Crippen LogP contribution in [0.3, 0.4) is 0 Å². The highest BCUT2D eigenvalue weighted by Crippen LogP contribution is 2.22. The van der Waals surface area contributed by atoms with Crippen molar-refractivity contribution in [2.24, 2.45) is 5.41 Å². The lowest BCUT2D eigenvalue weighted by atomic mass is 9.88. The number of aromatic nitrogens is 2. The van der Waals surface area contributed by atoms with Crippen molar-refractivity contribution in [3.8, 4) is 0 Å². The molecule has 0 atom stereocenters. The van der Waals surface area contributed by atoms with Gasteiger partial charge in [0.25, 0.3) is 0 Å². The quantitative estimate of drug-likeness (QED) is 0.750. The monoisotopic (exact) mass is 213 g/mol. The Kier molecular flexibility index (Phi) is 4.08. The van der Waals surface area contributed by atoms with E-state index in [2.05, 4.69) is 29.3 Å². The fourth-order valence-corrected chi connectivity index (χ4v) is 1.33. The molecule has 0 spiro atoms. The lowest BCUT2D eigenvalue weighted by Crippen LogP contribution is -2.23. The summed E-state index contributed by atoms with van der Waals surface area (Å²) in [5.74, 6) is 0.630. The molecule has 0 unspecified atom stereocenters. The van der Waals surface area contributed by atoms with Crippen molar-refractivity contribution in [3.63, 3.8) is 0 Å². The second-order valence-electron chi connectivity index (χ2n) is 4.49. The smallest absolute Gasteiger partial charge is 0.321 e. The van der Waals surface area contributed by atoms with E-state index in [0.29, 0.717) is 11.8 Å². The standard InChI is InChI=1S/C10H19N3O2/c1-8-12-9(15-13-8)11-7-10(2,3)5-4-6-14/h14H,4-7H2,1-3H3,(H,11,12,13). The number of nitrogens with zero attached hydrogens (tertiary/aromatic N) is 2. The van der Waals surface area contributed by atoms with Crippen molar-refractivity contribution in [2.75, 3.05) is 18.5 Å². The van der Waals surface area contributed by atoms with E-state index in [1.807, 2.05) is 0 Å². The maximum atomic E-state index is 8.76. The van der Waals surface area contributed by atoms with E-state index in [4.69, 9.17) is 9.63 Å². The molecule has 0 aliphatic carbocycles. The molecule has 0 aromatic carbocycles. The predicted molar refractivity (Wildman–Crippen MR) is 57.6 cm³/mol. The molecule has 0 bridgehead atoms. The molecule has 1 aromatic heterocycles. The number of hydrogen-bond acceptors (Lipinski definition) is 5. The Bertz CT molecular complexity index is 297. The number of hydrogen-bond donors (Lipinski definition) is 2. The second kappa shape index (κ2) is 5.11. The van der Waals surface area contributed by atoms with Gasteiger partial charge >= 0.3 is 6.01 Å². The van der Waals surface area contributed by atoms with Crippen molar-refractivity contribution in [2.45, 2.75) is 33.6 Å². The normalized spacial score (nSPS) is 11.7. The van der Waals surface area contributed by atoms with Gasteiger partial charge in [0.05, 0.1) is 0 Å². The van der Waals surface area contributed by atoms with Crippen LogP contribution >= 0.6 is 0 Å². The average Bonchev–Trinajstić information content (AvgIpc) is 2.59. The van der Waals surface area contributed by atoms with E-state index in [9.17, 15) is 0 Å². The van der Waals surface area contributed by atoms with Gasteiger partial charge in [0.1, 0.15) is 0 Å². The number of aliphatic hydroxyl groups excluding tert-OH is 1. The summed E-state index contributed by atoms with van der Waals surface area (Å²) in [6, 6.07) is 0.463. The molecule has 0 amide bonds. The van der Waals surface area contributed by atoms with Gasteiger partial charge in [-0.05, 0) is 25.2 Å². The topological polar surface area (TPSA) is 71.2 Å². The Labute approximate surface area is 89.9 Å². The largest absolute Gasteiger partial charge is 0.396 e. The van der Waals surface area contributed by atoms with Crippen LogP contribution in [0.5, 0.6) is 0 Å². The fourth-order valence-electron chi connectivity index (χ4n) is 1.33. The molecule has 1 rings (SSSR count). The van der Waals surface area contributed by atoms with Gasteiger partial charge in [0.2, 0.25) is 0 Å². The maximum absolute atomic E-state index is 8.76. The molecule has 1 heterocycles. The van der Waals surface area contributed by atoms with Crippen LogP contribution in [-0.2, 0) is 0 Å². The second-order valence-corrected chi connectivity index (χ2v) is 4.49. The number of rotatable bonds is 6. The highest BCUT2D eigenvalue weighted by atomic mass is 16.5. The van der Waals surface area contributed by atoms with Gasteiger partial charge in [-0.25, -0.2) is 0 Å². The maximum Gasteiger partial charge on any atom is 0.321 e. The van der Waals surface area contributed by atoms with Crippen LogP contribution in [0.15, 0.2) is 4.52 Å². The Hall–Kier alpha value is -1.10. The summed E-state index contributed by atoms with van der Waals surface area (Å²) in [6.07, 6.45) is 1.78. The molecule has 0 fully saturated rings. The fraction of sp³-hybridized carbons (Fsp3) is 0.800. The van der Waals surface area contributed by atoms with E-state index < -0.39 is 0 Å². The van der Waals surface area contributed by atoms with Gasteiger partial charge in [-0.3, -0.25) is 0 Å². The van der Waals surface area contributed by atoms with Crippen molar-refractivity contribution >= 4 is 6.01 Å². The summed E-state index contributed by atoms with van der Waals surface area (Å²) >= 11 is 0.